The van der Waals surface area contributed by atoms with Crippen LogP contribution in [-0.4, -0.2) is 29.0 Å². The Morgan fingerprint density at radius 2 is 1.85 bits per heavy atom. The molecule has 0 aliphatic carbocycles. The van der Waals surface area contributed by atoms with Crippen LogP contribution in [0.25, 0.3) is 6.08 Å². The van der Waals surface area contributed by atoms with E-state index < -0.39 is 0 Å². The Morgan fingerprint density at radius 3 is 2.54 bits per heavy atom. The van der Waals surface area contributed by atoms with Crippen molar-refractivity contribution in [1.29, 1.82) is 0 Å². The summed E-state index contributed by atoms with van der Waals surface area (Å²) in [6.07, 6.45) is 8.94. The lowest BCUT2D eigenvalue weighted by atomic mass is 10.1. The van der Waals surface area contributed by atoms with E-state index in [0.29, 0.717) is 13.2 Å². The fourth-order valence-electron chi connectivity index (χ4n) is 2.31. The SMILES string of the molecule is CCO.Cc1ccc(/C=C/C2=NC(COCc3ccccn3)=CC2)cc1. The number of allylic oxidation sites excluding steroid dienone is 2. The normalized spacial score (nSPS) is 13.2. The van der Waals surface area contributed by atoms with Gasteiger partial charge in [-0.3, -0.25) is 9.98 Å². The monoisotopic (exact) mass is 350 g/mol. The van der Waals surface area contributed by atoms with E-state index in [9.17, 15) is 0 Å². The molecule has 2 heterocycles. The highest BCUT2D eigenvalue weighted by molar-refractivity contribution is 6.01. The Morgan fingerprint density at radius 1 is 1.08 bits per heavy atom. The maximum atomic E-state index is 7.57. The molecule has 1 aliphatic heterocycles. The van der Waals surface area contributed by atoms with E-state index in [1.165, 1.54) is 11.1 Å². The topological polar surface area (TPSA) is 54.7 Å². The molecule has 136 valence electrons. The van der Waals surface area contributed by atoms with Crippen molar-refractivity contribution in [3.8, 4) is 0 Å². The zero-order valence-corrected chi connectivity index (χ0v) is 15.4. The highest BCUT2D eigenvalue weighted by Crippen LogP contribution is 2.14. The van der Waals surface area contributed by atoms with Gasteiger partial charge in [0.1, 0.15) is 0 Å². The number of aryl methyl sites for hydroxylation is 1. The van der Waals surface area contributed by atoms with Crippen LogP contribution >= 0.6 is 0 Å². The van der Waals surface area contributed by atoms with Gasteiger partial charge in [0, 0.05) is 24.9 Å². The molecule has 0 fully saturated rings. The third-order valence-electron chi connectivity index (χ3n) is 3.61. The molecule has 0 atom stereocenters. The van der Waals surface area contributed by atoms with Gasteiger partial charge in [0.25, 0.3) is 0 Å². The maximum absolute atomic E-state index is 7.57. The molecule has 2 aromatic rings. The highest BCUT2D eigenvalue weighted by Gasteiger charge is 2.06. The molecule has 0 unspecified atom stereocenters. The molecule has 0 saturated heterocycles. The molecule has 1 aromatic carbocycles. The number of rotatable bonds is 6. The van der Waals surface area contributed by atoms with Crippen molar-refractivity contribution in [3.63, 3.8) is 0 Å². The van der Waals surface area contributed by atoms with E-state index in [2.05, 4.69) is 59.4 Å². The third-order valence-corrected chi connectivity index (χ3v) is 3.61. The second-order valence-corrected chi connectivity index (χ2v) is 5.88. The summed E-state index contributed by atoms with van der Waals surface area (Å²) in [6.45, 7) is 5.07. The molecule has 3 rings (SSSR count). The number of aromatic nitrogens is 1. The summed E-state index contributed by atoms with van der Waals surface area (Å²) in [5, 5.41) is 7.57. The molecule has 0 radical (unpaired) electrons. The summed E-state index contributed by atoms with van der Waals surface area (Å²) in [4.78, 5) is 8.83. The van der Waals surface area contributed by atoms with Crippen molar-refractivity contribution in [3.05, 3.63) is 83.3 Å². The minimum atomic E-state index is 0.250. The maximum Gasteiger partial charge on any atom is 0.0893 e. The third kappa shape index (κ3) is 7.13. The lowest BCUT2D eigenvalue weighted by Gasteiger charge is -2.02. The van der Waals surface area contributed by atoms with Crippen LogP contribution in [0.15, 0.2) is 71.5 Å². The molecule has 4 heteroatoms. The Bertz CT molecular complexity index is 747. The van der Waals surface area contributed by atoms with E-state index in [4.69, 9.17) is 9.84 Å². The molecular formula is C22H26N2O2. The molecule has 0 spiro atoms. The van der Waals surface area contributed by atoms with E-state index in [0.717, 1.165) is 23.5 Å². The van der Waals surface area contributed by atoms with Gasteiger partial charge in [-0.05, 0) is 37.6 Å². The summed E-state index contributed by atoms with van der Waals surface area (Å²) in [5.41, 5.74) is 5.47. The van der Waals surface area contributed by atoms with E-state index in [1.54, 1.807) is 13.1 Å². The molecule has 1 aliphatic rings. The van der Waals surface area contributed by atoms with E-state index in [1.807, 2.05) is 18.2 Å². The first-order valence-electron chi connectivity index (χ1n) is 8.81. The molecule has 4 nitrogen and oxygen atoms in total. The number of pyridine rings is 1. The number of hydrogen-bond acceptors (Lipinski definition) is 4. The van der Waals surface area contributed by atoms with Crippen molar-refractivity contribution in [2.75, 3.05) is 13.2 Å². The van der Waals surface area contributed by atoms with Crippen LogP contribution in [0.4, 0.5) is 0 Å². The van der Waals surface area contributed by atoms with Crippen LogP contribution in [-0.2, 0) is 11.3 Å². The zero-order valence-electron chi connectivity index (χ0n) is 15.4. The first-order valence-corrected chi connectivity index (χ1v) is 8.81. The largest absolute Gasteiger partial charge is 0.397 e. The van der Waals surface area contributed by atoms with Gasteiger partial charge in [0.05, 0.1) is 24.6 Å². The predicted molar refractivity (Wildman–Crippen MR) is 107 cm³/mol. The molecule has 0 amide bonds. The quantitative estimate of drug-likeness (QED) is 0.843. The Hall–Kier alpha value is -2.56. The fourth-order valence-corrected chi connectivity index (χ4v) is 2.31. The minimum absolute atomic E-state index is 0.250. The van der Waals surface area contributed by atoms with Crippen LogP contribution in [0.3, 0.4) is 0 Å². The fraction of sp³-hybridized carbons (Fsp3) is 0.273. The first-order chi connectivity index (χ1) is 12.7. The first kappa shape index (κ1) is 19.8. The van der Waals surface area contributed by atoms with Crippen LogP contribution in [0.5, 0.6) is 0 Å². The Balaban J connectivity index is 0.000000758. The number of aliphatic hydroxyl groups is 1. The molecule has 0 saturated carbocycles. The smallest absolute Gasteiger partial charge is 0.0893 e. The molecule has 1 aromatic heterocycles. The highest BCUT2D eigenvalue weighted by atomic mass is 16.5. The lowest BCUT2D eigenvalue weighted by molar-refractivity contribution is 0.139. The molecule has 1 N–H and O–H groups in total. The Labute approximate surface area is 155 Å². The van der Waals surface area contributed by atoms with Gasteiger partial charge in [-0.15, -0.1) is 0 Å². The van der Waals surface area contributed by atoms with Crippen molar-refractivity contribution >= 4 is 11.8 Å². The van der Waals surface area contributed by atoms with Gasteiger partial charge in [0.2, 0.25) is 0 Å². The van der Waals surface area contributed by atoms with Crippen LogP contribution in [0.2, 0.25) is 0 Å². The van der Waals surface area contributed by atoms with Crippen LogP contribution in [0, 0.1) is 6.92 Å². The van der Waals surface area contributed by atoms with Gasteiger partial charge in [-0.1, -0.05) is 48.0 Å². The second kappa shape index (κ2) is 11.1. The van der Waals surface area contributed by atoms with E-state index >= 15 is 0 Å². The minimum Gasteiger partial charge on any atom is -0.397 e. The summed E-state index contributed by atoms with van der Waals surface area (Å²) in [7, 11) is 0. The van der Waals surface area contributed by atoms with Crippen molar-refractivity contribution in [2.24, 2.45) is 4.99 Å². The van der Waals surface area contributed by atoms with Gasteiger partial charge in [0.15, 0.2) is 0 Å². The molecule has 26 heavy (non-hydrogen) atoms. The predicted octanol–water partition coefficient (Wildman–Crippen LogP) is 4.35. The average Bonchev–Trinajstić information content (AvgIpc) is 3.11. The zero-order chi connectivity index (χ0) is 18.6. The van der Waals surface area contributed by atoms with Crippen LogP contribution in [0.1, 0.15) is 30.2 Å². The van der Waals surface area contributed by atoms with Gasteiger partial charge in [-0.2, -0.15) is 0 Å². The lowest BCUT2D eigenvalue weighted by Crippen LogP contribution is -1.98. The summed E-state index contributed by atoms with van der Waals surface area (Å²) >= 11 is 0. The van der Waals surface area contributed by atoms with Crippen molar-refractivity contribution < 1.29 is 9.84 Å². The second-order valence-electron chi connectivity index (χ2n) is 5.88. The summed E-state index contributed by atoms with van der Waals surface area (Å²) < 4.78 is 5.67. The van der Waals surface area contributed by atoms with Gasteiger partial charge >= 0.3 is 0 Å². The Kier molecular flexibility index (Phi) is 8.46. The summed E-state index contributed by atoms with van der Waals surface area (Å²) in [5.74, 6) is 0. The standard InChI is InChI=1S/C20H20N2O.C2H6O/c1-16-5-7-17(8-6-16)9-10-18-11-12-20(22-18)15-23-14-19-4-2-3-13-21-19;1-2-3/h2-10,12-13H,11,14-15H2,1H3;3H,2H2,1H3/b10-9+;. The number of benzene rings is 1. The van der Waals surface area contributed by atoms with Gasteiger partial charge in [-0.25, -0.2) is 0 Å². The molecular weight excluding hydrogens is 324 g/mol. The van der Waals surface area contributed by atoms with Crippen LogP contribution < -0.4 is 0 Å². The van der Waals surface area contributed by atoms with Crippen molar-refractivity contribution in [1.82, 2.24) is 4.98 Å². The van der Waals surface area contributed by atoms with Gasteiger partial charge < -0.3 is 9.84 Å². The number of hydrogen-bond donors (Lipinski definition) is 1. The number of aliphatic imine (C=N–C) groups is 1. The van der Waals surface area contributed by atoms with E-state index in [-0.39, 0.29) is 6.61 Å². The number of aliphatic hydroxyl groups excluding tert-OH is 1. The number of nitrogens with zero attached hydrogens (tertiary/aromatic N) is 2. The number of ether oxygens (including phenoxy) is 1. The van der Waals surface area contributed by atoms with Crippen molar-refractivity contribution in [2.45, 2.75) is 26.9 Å². The summed E-state index contributed by atoms with van der Waals surface area (Å²) in [6, 6.07) is 14.3. The average molecular weight is 350 g/mol. The molecule has 0 bridgehead atoms.